The van der Waals surface area contributed by atoms with Crippen LogP contribution in [-0.2, 0) is 0 Å². The van der Waals surface area contributed by atoms with E-state index in [9.17, 15) is 0 Å². The Morgan fingerprint density at radius 3 is 2.60 bits per heavy atom. The lowest BCUT2D eigenvalue weighted by molar-refractivity contribution is 0.195. The van der Waals surface area contributed by atoms with Crippen molar-refractivity contribution >= 4 is 32.7 Å². The number of rotatable bonds is 5. The molecule has 0 aliphatic carbocycles. The van der Waals surface area contributed by atoms with E-state index in [1.165, 1.54) is 0 Å². The van der Waals surface area contributed by atoms with Gasteiger partial charge in [0, 0.05) is 22.4 Å². The highest BCUT2D eigenvalue weighted by molar-refractivity contribution is 6.09. The quantitative estimate of drug-likeness (QED) is 0.302. The van der Waals surface area contributed by atoms with Crippen LogP contribution >= 0.6 is 0 Å². The maximum absolute atomic E-state index is 17.0. The number of fused-ring (bicyclic) bond motifs is 4. The van der Waals surface area contributed by atoms with Gasteiger partial charge in [0.05, 0.1) is 34.9 Å². The number of aryl methyl sites for hydroxylation is 2. The van der Waals surface area contributed by atoms with Gasteiger partial charge in [0.1, 0.15) is 12.1 Å². The third-order valence-electron chi connectivity index (χ3n) is 9.19. The van der Waals surface area contributed by atoms with Crippen molar-refractivity contribution in [3.8, 4) is 17.0 Å². The second-order valence-corrected chi connectivity index (χ2v) is 11.6. The average molecular weight is 542 g/mol. The summed E-state index contributed by atoms with van der Waals surface area (Å²) in [5.41, 5.74) is 6.56. The van der Waals surface area contributed by atoms with Gasteiger partial charge in [-0.2, -0.15) is 10.2 Å². The normalized spacial score (nSPS) is 19.0. The van der Waals surface area contributed by atoms with Gasteiger partial charge in [0.25, 0.3) is 0 Å². The van der Waals surface area contributed by atoms with Crippen LogP contribution in [0.2, 0.25) is 0 Å². The topological polar surface area (TPSA) is 83.9 Å². The molecule has 2 saturated heterocycles. The highest BCUT2D eigenvalue weighted by Gasteiger charge is 2.27. The zero-order valence-electron chi connectivity index (χ0n) is 23.6. The molecule has 9 heteroatoms. The van der Waals surface area contributed by atoms with Crippen molar-refractivity contribution in [2.24, 2.45) is 0 Å². The number of aromatic nitrogens is 5. The molecule has 208 valence electrons. The molecule has 2 N–H and O–H groups in total. The van der Waals surface area contributed by atoms with E-state index in [4.69, 9.17) is 14.8 Å². The molecular formula is C31H36FN7O. The van der Waals surface area contributed by atoms with Crippen molar-refractivity contribution in [3.05, 3.63) is 47.0 Å². The van der Waals surface area contributed by atoms with Gasteiger partial charge in [0.15, 0.2) is 5.82 Å². The average Bonchev–Trinajstić information content (AvgIpc) is 3.70. The van der Waals surface area contributed by atoms with Crippen LogP contribution in [0, 0.1) is 26.6 Å². The fourth-order valence-electron chi connectivity index (χ4n) is 6.77. The molecule has 2 aromatic carbocycles. The van der Waals surface area contributed by atoms with Gasteiger partial charge in [-0.25, -0.2) is 9.37 Å². The number of likely N-dealkylation sites (N-methyl/N-ethyl adjacent to an activating group) is 1. The summed E-state index contributed by atoms with van der Waals surface area (Å²) in [6, 6.07) is 4.73. The highest BCUT2D eigenvalue weighted by Crippen LogP contribution is 2.42. The number of likely N-dealkylation sites (tertiary alicyclic amines) is 1. The molecule has 0 saturated carbocycles. The number of pyridine rings is 1. The van der Waals surface area contributed by atoms with E-state index < -0.39 is 0 Å². The van der Waals surface area contributed by atoms with E-state index >= 15 is 4.39 Å². The molecule has 0 bridgehead atoms. The lowest BCUT2D eigenvalue weighted by Crippen LogP contribution is -2.30. The predicted molar refractivity (Wildman–Crippen MR) is 157 cm³/mol. The van der Waals surface area contributed by atoms with Crippen LogP contribution in [0.4, 0.5) is 4.39 Å². The number of nitrogens with one attached hydrogen (secondary N) is 2. The number of ether oxygens (including phenoxy) is 1. The molecular weight excluding hydrogens is 505 g/mol. The Morgan fingerprint density at radius 1 is 1.00 bits per heavy atom. The fraction of sp³-hybridized carbons (Fsp3) is 0.452. The van der Waals surface area contributed by atoms with Crippen molar-refractivity contribution in [1.82, 2.24) is 35.2 Å². The van der Waals surface area contributed by atoms with Crippen molar-refractivity contribution in [1.29, 1.82) is 0 Å². The van der Waals surface area contributed by atoms with Crippen LogP contribution in [0.15, 0.2) is 24.5 Å². The van der Waals surface area contributed by atoms with Crippen LogP contribution in [0.5, 0.6) is 5.88 Å². The fourth-order valence-corrected chi connectivity index (χ4v) is 6.77. The number of benzene rings is 2. The van der Waals surface area contributed by atoms with Gasteiger partial charge >= 0.3 is 0 Å². The Kier molecular flexibility index (Phi) is 6.24. The number of nitrogens with zero attached hydrogens (tertiary/aromatic N) is 5. The minimum absolute atomic E-state index is 0.241. The van der Waals surface area contributed by atoms with Gasteiger partial charge in [-0.15, -0.1) is 0 Å². The Bertz CT molecular complexity index is 1750. The summed E-state index contributed by atoms with van der Waals surface area (Å²) in [5, 5.41) is 18.2. The van der Waals surface area contributed by atoms with Crippen LogP contribution in [-0.4, -0.2) is 69.2 Å². The summed E-state index contributed by atoms with van der Waals surface area (Å²) in [5.74, 6) is 0.139. The summed E-state index contributed by atoms with van der Waals surface area (Å²) in [6.07, 6.45) is 7.85. The molecule has 8 nitrogen and oxygen atoms in total. The Labute approximate surface area is 232 Å². The van der Waals surface area contributed by atoms with Crippen LogP contribution in [0.25, 0.3) is 43.8 Å². The molecule has 1 unspecified atom stereocenters. The van der Waals surface area contributed by atoms with Crippen molar-refractivity contribution in [2.45, 2.75) is 58.5 Å². The van der Waals surface area contributed by atoms with E-state index in [1.54, 1.807) is 6.20 Å². The summed E-state index contributed by atoms with van der Waals surface area (Å²) < 4.78 is 25.5. The molecule has 40 heavy (non-hydrogen) atoms. The van der Waals surface area contributed by atoms with E-state index in [1.807, 2.05) is 13.1 Å². The smallest absolute Gasteiger partial charge is 0.225 e. The van der Waals surface area contributed by atoms with Gasteiger partial charge in [0.2, 0.25) is 5.88 Å². The molecule has 3 aromatic heterocycles. The Hall–Kier alpha value is -3.56. The first-order valence-electron chi connectivity index (χ1n) is 14.4. The lowest BCUT2D eigenvalue weighted by atomic mass is 9.89. The Morgan fingerprint density at radius 2 is 1.82 bits per heavy atom. The molecule has 0 spiro atoms. The van der Waals surface area contributed by atoms with Gasteiger partial charge in [-0.3, -0.25) is 9.78 Å². The number of piperidine rings is 1. The van der Waals surface area contributed by atoms with Crippen molar-refractivity contribution in [3.63, 3.8) is 0 Å². The molecule has 5 heterocycles. The molecule has 0 radical (unpaired) electrons. The second-order valence-electron chi connectivity index (χ2n) is 11.6. The van der Waals surface area contributed by atoms with Crippen molar-refractivity contribution in [2.75, 3.05) is 33.3 Å². The predicted octanol–water partition coefficient (Wildman–Crippen LogP) is 5.59. The molecule has 2 aliphatic rings. The summed E-state index contributed by atoms with van der Waals surface area (Å²) >= 11 is 0. The molecule has 5 aromatic rings. The maximum Gasteiger partial charge on any atom is 0.225 e. The molecule has 1 atom stereocenters. The van der Waals surface area contributed by atoms with Crippen LogP contribution in [0.3, 0.4) is 0 Å². The minimum atomic E-state index is -0.325. The largest absolute Gasteiger partial charge is 0.475 e. The zero-order valence-corrected chi connectivity index (χ0v) is 23.6. The van der Waals surface area contributed by atoms with E-state index in [-0.39, 0.29) is 11.9 Å². The monoisotopic (exact) mass is 541 g/mol. The SMILES string of the molecule is Cc1cc2[nH]ncc2c(-c2c(C)cc3c(nc(OCC4CCCN4C)c4cnn(C5CCNCC5)c43)c2F)c1C. The highest BCUT2D eigenvalue weighted by atomic mass is 19.1. The van der Waals surface area contributed by atoms with Crippen molar-refractivity contribution < 1.29 is 9.13 Å². The molecule has 2 fully saturated rings. The van der Waals surface area contributed by atoms with Gasteiger partial charge < -0.3 is 15.0 Å². The first kappa shape index (κ1) is 25.4. The van der Waals surface area contributed by atoms with Crippen LogP contribution in [0.1, 0.15) is 48.4 Å². The number of H-pyrrole nitrogens is 1. The Balaban J connectivity index is 1.47. The second kappa shape index (κ2) is 9.82. The van der Waals surface area contributed by atoms with Gasteiger partial charge in [-0.1, -0.05) is 0 Å². The maximum atomic E-state index is 17.0. The third kappa shape index (κ3) is 3.97. The first-order valence-corrected chi connectivity index (χ1v) is 14.4. The molecule has 7 rings (SSSR count). The summed E-state index contributed by atoms with van der Waals surface area (Å²) in [4.78, 5) is 7.22. The van der Waals surface area contributed by atoms with E-state index in [0.29, 0.717) is 29.6 Å². The summed E-state index contributed by atoms with van der Waals surface area (Å²) in [7, 11) is 2.13. The number of hydrogen-bond acceptors (Lipinski definition) is 6. The first-order chi connectivity index (χ1) is 19.4. The zero-order chi connectivity index (χ0) is 27.5. The standard InChI is InChI=1S/C31H36FN7O/c1-17-13-25-23(14-34-37-25)27(19(17)3)26-18(2)12-22-29(28(26)32)36-31(40-16-21-6-5-11-38(21)4)24-15-35-39(30(22)24)20-7-9-33-10-8-20/h12-15,20-21,33H,5-11,16H2,1-4H3,(H,34,37). The third-order valence-corrected chi connectivity index (χ3v) is 9.19. The minimum Gasteiger partial charge on any atom is -0.475 e. The van der Waals surface area contributed by atoms with E-state index in [0.717, 1.165) is 94.8 Å². The molecule has 0 amide bonds. The summed E-state index contributed by atoms with van der Waals surface area (Å²) in [6.45, 7) is 9.57. The van der Waals surface area contributed by atoms with E-state index in [2.05, 4.69) is 58.1 Å². The number of aromatic amines is 1. The number of hydrogen-bond donors (Lipinski definition) is 2. The van der Waals surface area contributed by atoms with Gasteiger partial charge in [-0.05, 0) is 108 Å². The lowest BCUT2D eigenvalue weighted by Gasteiger charge is -2.24. The number of halogens is 1. The molecule has 2 aliphatic heterocycles. The van der Waals surface area contributed by atoms with Crippen LogP contribution < -0.4 is 10.1 Å².